The van der Waals surface area contributed by atoms with Gasteiger partial charge < -0.3 is 9.53 Å². The fraction of sp³-hybridized carbons (Fsp3) is 0.957. The van der Waals surface area contributed by atoms with E-state index in [0.717, 1.165) is 23.7 Å². The van der Waals surface area contributed by atoms with E-state index >= 15 is 0 Å². The lowest BCUT2D eigenvalue weighted by atomic mass is 9.45. The van der Waals surface area contributed by atoms with Gasteiger partial charge in [0.2, 0.25) is 0 Å². The van der Waals surface area contributed by atoms with Gasteiger partial charge in [-0.15, -0.1) is 0 Å². The highest BCUT2D eigenvalue weighted by Gasteiger charge is 2.77. The lowest BCUT2D eigenvalue weighted by Gasteiger charge is -2.61. The third-order valence-corrected chi connectivity index (χ3v) is 10.8. The van der Waals surface area contributed by atoms with Gasteiger partial charge in [-0.05, 0) is 91.8 Å². The zero-order chi connectivity index (χ0) is 17.6. The summed E-state index contributed by atoms with van der Waals surface area (Å²) in [5.74, 6) is 4.37. The van der Waals surface area contributed by atoms with Crippen LogP contribution in [0.2, 0.25) is 0 Å². The molecular weight excluding hydrogens is 308 g/mol. The van der Waals surface area contributed by atoms with Crippen LogP contribution in [0.1, 0.15) is 72.1 Å². The summed E-state index contributed by atoms with van der Waals surface area (Å²) in [5, 5.41) is 0. The molecule has 0 aromatic rings. The first kappa shape index (κ1) is 16.8. The zero-order valence-corrected chi connectivity index (χ0v) is 16.6. The molecule has 5 aliphatic carbocycles. The van der Waals surface area contributed by atoms with Crippen LogP contribution in [0.15, 0.2) is 0 Å². The first-order valence-electron chi connectivity index (χ1n) is 10.9. The van der Waals surface area contributed by atoms with Gasteiger partial charge in [0.15, 0.2) is 0 Å². The summed E-state index contributed by atoms with van der Waals surface area (Å²) in [6.45, 7) is 7.35. The fourth-order valence-corrected chi connectivity index (χ4v) is 9.58. The van der Waals surface area contributed by atoms with Crippen LogP contribution in [-0.4, -0.2) is 19.5 Å². The van der Waals surface area contributed by atoms with Crippen LogP contribution in [0.4, 0.5) is 0 Å². The van der Waals surface area contributed by atoms with Crippen LogP contribution in [0.5, 0.6) is 0 Å². The Morgan fingerprint density at radius 3 is 2.56 bits per heavy atom. The monoisotopic (exact) mass is 344 g/mol. The number of aldehydes is 1. The summed E-state index contributed by atoms with van der Waals surface area (Å²) in [6.07, 6.45) is 12.7. The molecule has 25 heavy (non-hydrogen) atoms. The molecule has 0 aliphatic heterocycles. The average molecular weight is 345 g/mol. The Morgan fingerprint density at radius 1 is 1.08 bits per heavy atom. The van der Waals surface area contributed by atoms with Crippen molar-refractivity contribution >= 4 is 6.29 Å². The minimum absolute atomic E-state index is 0.231. The average Bonchev–Trinajstić information content (AvgIpc) is 3.12. The number of hydrogen-bond donors (Lipinski definition) is 0. The summed E-state index contributed by atoms with van der Waals surface area (Å²) in [7, 11) is 1.97. The van der Waals surface area contributed by atoms with Gasteiger partial charge in [-0.25, -0.2) is 0 Å². The summed E-state index contributed by atoms with van der Waals surface area (Å²) in [5.41, 5.74) is 1.45. The van der Waals surface area contributed by atoms with Crippen molar-refractivity contribution in [3.8, 4) is 0 Å². The summed E-state index contributed by atoms with van der Waals surface area (Å²) < 4.78 is 6.18. The lowest BCUT2D eigenvalue weighted by Crippen LogP contribution is -2.57. The van der Waals surface area contributed by atoms with Crippen LogP contribution >= 0.6 is 0 Å². The van der Waals surface area contributed by atoms with E-state index in [2.05, 4.69) is 20.8 Å². The second-order valence-electron chi connectivity index (χ2n) is 11.0. The first-order chi connectivity index (χ1) is 11.9. The molecule has 1 spiro atoms. The molecule has 0 unspecified atom stereocenters. The summed E-state index contributed by atoms with van der Waals surface area (Å²) >= 11 is 0. The molecule has 10 atom stereocenters. The molecule has 0 amide bonds. The number of rotatable bonds is 3. The number of carbonyl (C=O) groups is 1. The second kappa shape index (κ2) is 5.12. The third kappa shape index (κ3) is 1.79. The minimum atomic E-state index is 0.231. The van der Waals surface area contributed by atoms with E-state index in [1.54, 1.807) is 0 Å². The largest absolute Gasteiger partial charge is 0.381 e. The maximum atomic E-state index is 11.5. The Kier molecular flexibility index (Phi) is 3.43. The van der Waals surface area contributed by atoms with Crippen molar-refractivity contribution in [1.82, 2.24) is 0 Å². The number of methoxy groups -OCH3 is 1. The highest BCUT2D eigenvalue weighted by Crippen LogP contribution is 2.82. The molecule has 0 bridgehead atoms. The van der Waals surface area contributed by atoms with Gasteiger partial charge in [0.1, 0.15) is 6.29 Å². The van der Waals surface area contributed by atoms with Crippen molar-refractivity contribution in [2.45, 2.75) is 78.2 Å². The Hall–Kier alpha value is -0.370. The number of fused-ring (bicyclic) bond motifs is 4. The number of ether oxygens (including phenoxy) is 1. The Balaban J connectivity index is 1.50. The number of hydrogen-bond acceptors (Lipinski definition) is 2. The highest BCUT2D eigenvalue weighted by molar-refractivity contribution is 5.53. The first-order valence-corrected chi connectivity index (χ1v) is 10.9. The Labute approximate surface area is 153 Å². The smallest absolute Gasteiger partial charge is 0.123 e. The van der Waals surface area contributed by atoms with Crippen molar-refractivity contribution in [2.24, 2.45) is 51.8 Å². The van der Waals surface area contributed by atoms with Crippen molar-refractivity contribution in [3.05, 3.63) is 0 Å². The lowest BCUT2D eigenvalue weighted by molar-refractivity contribution is -0.161. The van der Waals surface area contributed by atoms with Crippen LogP contribution in [-0.2, 0) is 9.53 Å². The van der Waals surface area contributed by atoms with Crippen molar-refractivity contribution in [1.29, 1.82) is 0 Å². The Morgan fingerprint density at radius 2 is 1.88 bits per heavy atom. The van der Waals surface area contributed by atoms with E-state index in [9.17, 15) is 4.79 Å². The molecule has 2 heteroatoms. The molecule has 5 rings (SSSR count). The van der Waals surface area contributed by atoms with Gasteiger partial charge in [-0.2, -0.15) is 0 Å². The SMILES string of the molecule is CO[C@@H]1C[C@H]2[C@@H]3CC[C@H]([C@H](C)C=O)[C@@]3(C)CC[C@@H]2[C@@]2(C)CC[C@@H]3C[C@@]312. The second-order valence-corrected chi connectivity index (χ2v) is 11.0. The van der Waals surface area contributed by atoms with Gasteiger partial charge in [-0.1, -0.05) is 20.8 Å². The predicted octanol–water partition coefficient (Wildman–Crippen LogP) is 5.11. The molecule has 0 N–H and O–H groups in total. The summed E-state index contributed by atoms with van der Waals surface area (Å²) in [6, 6.07) is 0. The van der Waals surface area contributed by atoms with E-state index in [4.69, 9.17) is 4.74 Å². The summed E-state index contributed by atoms with van der Waals surface area (Å²) in [4.78, 5) is 11.5. The molecular formula is C23H36O2. The molecule has 0 aromatic heterocycles. The molecule has 5 saturated carbocycles. The predicted molar refractivity (Wildman–Crippen MR) is 99.1 cm³/mol. The van der Waals surface area contributed by atoms with Gasteiger partial charge in [0, 0.05) is 18.4 Å². The van der Waals surface area contributed by atoms with Crippen molar-refractivity contribution in [3.63, 3.8) is 0 Å². The molecule has 140 valence electrons. The number of carbonyl (C=O) groups excluding carboxylic acids is 1. The molecule has 0 radical (unpaired) electrons. The standard InChI is InChI=1S/C23H36O2/c1-14(13-24)17-5-6-18-16-11-20(25-4)23-12-15(23)7-10-22(23,3)19(16)8-9-21(17,18)2/h13-20H,5-12H2,1-4H3/t14-,15-,16+,17-,18+,19+,20-,21-,22-,23-/m1/s1. The normalized spacial score (nSPS) is 60.2. The zero-order valence-electron chi connectivity index (χ0n) is 16.6. The maximum absolute atomic E-state index is 11.5. The van der Waals surface area contributed by atoms with E-state index in [1.165, 1.54) is 57.7 Å². The van der Waals surface area contributed by atoms with E-state index < -0.39 is 0 Å². The van der Waals surface area contributed by atoms with Crippen LogP contribution in [0.25, 0.3) is 0 Å². The van der Waals surface area contributed by atoms with E-state index in [0.29, 0.717) is 28.3 Å². The minimum Gasteiger partial charge on any atom is -0.381 e. The third-order valence-electron chi connectivity index (χ3n) is 10.8. The molecule has 5 aliphatic rings. The van der Waals surface area contributed by atoms with Crippen molar-refractivity contribution in [2.75, 3.05) is 7.11 Å². The van der Waals surface area contributed by atoms with E-state index in [1.807, 2.05) is 7.11 Å². The topological polar surface area (TPSA) is 26.3 Å². The van der Waals surface area contributed by atoms with Gasteiger partial charge in [-0.3, -0.25) is 0 Å². The maximum Gasteiger partial charge on any atom is 0.123 e. The van der Waals surface area contributed by atoms with Gasteiger partial charge >= 0.3 is 0 Å². The molecule has 0 aromatic carbocycles. The van der Waals surface area contributed by atoms with Crippen LogP contribution < -0.4 is 0 Å². The molecule has 5 fully saturated rings. The molecule has 0 saturated heterocycles. The van der Waals surface area contributed by atoms with Crippen LogP contribution in [0, 0.1) is 51.8 Å². The fourth-order valence-electron chi connectivity index (χ4n) is 9.58. The Bertz CT molecular complexity index is 587. The van der Waals surface area contributed by atoms with Gasteiger partial charge in [0.25, 0.3) is 0 Å². The van der Waals surface area contributed by atoms with E-state index in [-0.39, 0.29) is 5.92 Å². The highest BCUT2D eigenvalue weighted by atomic mass is 16.5. The quantitative estimate of drug-likeness (QED) is 0.665. The molecule has 0 heterocycles. The van der Waals surface area contributed by atoms with Crippen molar-refractivity contribution < 1.29 is 9.53 Å². The molecule has 2 nitrogen and oxygen atoms in total. The van der Waals surface area contributed by atoms with Gasteiger partial charge in [0.05, 0.1) is 6.10 Å². The van der Waals surface area contributed by atoms with Crippen LogP contribution in [0.3, 0.4) is 0 Å².